The first kappa shape index (κ1) is 30.7. The van der Waals surface area contributed by atoms with Crippen LogP contribution in [0.1, 0.15) is 40.5 Å². The van der Waals surface area contributed by atoms with Gasteiger partial charge in [0.15, 0.2) is 12.2 Å². The number of ether oxygens (including phenoxy) is 6. The largest absolute Gasteiger partial charge is 0.488 e. The van der Waals surface area contributed by atoms with Crippen molar-refractivity contribution in [3.63, 3.8) is 0 Å². The van der Waals surface area contributed by atoms with Crippen molar-refractivity contribution in [1.82, 2.24) is 0 Å². The second-order valence-electron chi connectivity index (χ2n) is 8.77. The molecule has 0 spiro atoms. The lowest BCUT2D eigenvalue weighted by Crippen LogP contribution is -2.30. The number of carbonyl (C=O) groups is 2. The highest BCUT2D eigenvalue weighted by atomic mass is 79.9. The molecule has 0 aliphatic rings. The molecule has 0 radical (unpaired) electrons. The van der Waals surface area contributed by atoms with Crippen LogP contribution in [0.5, 0.6) is 11.5 Å². The summed E-state index contributed by atoms with van der Waals surface area (Å²) >= 11 is 3.58. The van der Waals surface area contributed by atoms with E-state index in [9.17, 15) is 9.59 Å². The number of benzene rings is 3. The van der Waals surface area contributed by atoms with Gasteiger partial charge in [-0.2, -0.15) is 0 Å². The highest BCUT2D eigenvalue weighted by Crippen LogP contribution is 2.43. The van der Waals surface area contributed by atoms with Crippen molar-refractivity contribution in [2.24, 2.45) is 0 Å². The molecule has 0 aliphatic carbocycles. The van der Waals surface area contributed by atoms with Gasteiger partial charge in [0, 0.05) is 52.1 Å². The first-order valence-electron chi connectivity index (χ1n) is 13.4. The van der Waals surface area contributed by atoms with E-state index in [2.05, 4.69) is 15.9 Å². The lowest BCUT2D eigenvalue weighted by Gasteiger charge is -2.23. The Morgan fingerprint density at radius 2 is 1.13 bits per heavy atom. The molecule has 3 aromatic carbocycles. The van der Waals surface area contributed by atoms with Gasteiger partial charge >= 0.3 is 11.9 Å². The summed E-state index contributed by atoms with van der Waals surface area (Å²) in [5, 5.41) is 3.32. The number of hydrogen-bond donors (Lipinski definition) is 0. The van der Waals surface area contributed by atoms with E-state index in [1.54, 1.807) is 13.8 Å². The van der Waals surface area contributed by atoms with Crippen LogP contribution in [0.2, 0.25) is 0 Å². The van der Waals surface area contributed by atoms with E-state index in [-0.39, 0.29) is 51.2 Å². The van der Waals surface area contributed by atoms with E-state index >= 15 is 0 Å². The number of rotatable bonds is 16. The summed E-state index contributed by atoms with van der Waals surface area (Å²) in [7, 11) is 0. The normalized spacial score (nSPS) is 12.7. The maximum Gasteiger partial charge on any atom is 0.305 e. The van der Waals surface area contributed by atoms with Crippen LogP contribution < -0.4 is 9.47 Å². The molecular formula is C30H37BrO8. The summed E-state index contributed by atoms with van der Waals surface area (Å²) < 4.78 is 35.8. The Labute approximate surface area is 238 Å². The van der Waals surface area contributed by atoms with E-state index in [0.717, 1.165) is 26.0 Å². The lowest BCUT2D eigenvalue weighted by atomic mass is 10.0. The minimum atomic E-state index is -0.554. The average Bonchev–Trinajstić information content (AvgIpc) is 2.95. The van der Waals surface area contributed by atoms with Crippen molar-refractivity contribution >= 4 is 49.4 Å². The van der Waals surface area contributed by atoms with Gasteiger partial charge in [0.1, 0.15) is 24.7 Å². The second-order valence-corrected chi connectivity index (χ2v) is 9.68. The number of esters is 2. The van der Waals surface area contributed by atoms with Gasteiger partial charge in [0.25, 0.3) is 0 Å². The van der Waals surface area contributed by atoms with Gasteiger partial charge in [-0.15, -0.1) is 0 Å². The Balaban J connectivity index is 2.00. The van der Waals surface area contributed by atoms with Crippen LogP contribution in [0.15, 0.2) is 46.9 Å². The predicted octanol–water partition coefficient (Wildman–Crippen LogP) is 6.23. The standard InChI is InChI=1S/C30H37BrO8/c1-5-27(32)38-21(16-34-7-3)18-36-29-23-11-9-10-12-24(23)30(26-15-20(31)13-14-25(26)29)37-19-22(17-35-8-4)39-28(33)6-2/h9-15,21-22H,5-8,16-19H2,1-4H3. The maximum absolute atomic E-state index is 12.0. The fourth-order valence-electron chi connectivity index (χ4n) is 4.00. The summed E-state index contributed by atoms with van der Waals surface area (Å²) in [6.45, 7) is 9.01. The minimum absolute atomic E-state index is 0.126. The molecule has 0 aromatic heterocycles. The summed E-state index contributed by atoms with van der Waals surface area (Å²) in [6.07, 6.45) is -0.565. The Morgan fingerprint density at radius 1 is 0.667 bits per heavy atom. The number of hydrogen-bond acceptors (Lipinski definition) is 8. The fourth-order valence-corrected chi connectivity index (χ4v) is 4.37. The monoisotopic (exact) mass is 604 g/mol. The lowest BCUT2D eigenvalue weighted by molar-refractivity contribution is -0.154. The molecule has 212 valence electrons. The summed E-state index contributed by atoms with van der Waals surface area (Å²) in [5.41, 5.74) is 0. The van der Waals surface area contributed by atoms with Crippen LogP contribution in [-0.2, 0) is 28.5 Å². The van der Waals surface area contributed by atoms with Crippen molar-refractivity contribution in [2.75, 3.05) is 39.6 Å². The van der Waals surface area contributed by atoms with Crippen LogP contribution in [-0.4, -0.2) is 63.8 Å². The molecule has 0 saturated heterocycles. The minimum Gasteiger partial charge on any atom is -0.488 e. The van der Waals surface area contributed by atoms with Crippen LogP contribution in [0, 0.1) is 0 Å². The summed E-state index contributed by atoms with van der Waals surface area (Å²) in [5.74, 6) is 0.676. The van der Waals surface area contributed by atoms with E-state index in [4.69, 9.17) is 28.4 Å². The van der Waals surface area contributed by atoms with Crippen LogP contribution in [0.4, 0.5) is 0 Å². The zero-order chi connectivity index (χ0) is 28.2. The van der Waals surface area contributed by atoms with Gasteiger partial charge < -0.3 is 28.4 Å². The first-order valence-corrected chi connectivity index (χ1v) is 14.1. The molecule has 2 unspecified atom stereocenters. The molecule has 39 heavy (non-hydrogen) atoms. The Morgan fingerprint density at radius 3 is 1.59 bits per heavy atom. The van der Waals surface area contributed by atoms with Crippen molar-refractivity contribution in [2.45, 2.75) is 52.7 Å². The molecule has 3 rings (SSSR count). The molecule has 0 amide bonds. The fraction of sp³-hybridized carbons (Fsp3) is 0.467. The van der Waals surface area contributed by atoms with Crippen molar-refractivity contribution in [3.05, 3.63) is 46.9 Å². The number of carbonyl (C=O) groups excluding carboxylic acids is 2. The zero-order valence-electron chi connectivity index (χ0n) is 23.0. The predicted molar refractivity (Wildman–Crippen MR) is 153 cm³/mol. The average molecular weight is 606 g/mol. The van der Waals surface area contributed by atoms with Crippen molar-refractivity contribution in [3.8, 4) is 11.5 Å². The topological polar surface area (TPSA) is 89.5 Å². The Kier molecular flexibility index (Phi) is 12.3. The van der Waals surface area contributed by atoms with Gasteiger partial charge in [-0.25, -0.2) is 0 Å². The molecule has 0 bridgehead atoms. The molecule has 0 heterocycles. The molecule has 8 nitrogen and oxygen atoms in total. The van der Waals surface area contributed by atoms with E-state index in [1.165, 1.54) is 0 Å². The Hall–Kier alpha value is -2.88. The van der Waals surface area contributed by atoms with Gasteiger partial charge in [-0.05, 0) is 32.0 Å². The molecule has 0 aliphatic heterocycles. The van der Waals surface area contributed by atoms with Gasteiger partial charge in [-0.3, -0.25) is 9.59 Å². The smallest absolute Gasteiger partial charge is 0.305 e. The van der Waals surface area contributed by atoms with Crippen LogP contribution in [0.25, 0.3) is 21.5 Å². The quantitative estimate of drug-likeness (QED) is 0.140. The molecule has 0 saturated carbocycles. The molecule has 2 atom stereocenters. The first-order chi connectivity index (χ1) is 18.9. The van der Waals surface area contributed by atoms with Crippen molar-refractivity contribution < 1.29 is 38.0 Å². The van der Waals surface area contributed by atoms with Crippen molar-refractivity contribution in [1.29, 1.82) is 0 Å². The highest BCUT2D eigenvalue weighted by Gasteiger charge is 2.22. The third-order valence-electron chi connectivity index (χ3n) is 5.90. The summed E-state index contributed by atoms with van der Waals surface area (Å²) in [6, 6.07) is 13.6. The van der Waals surface area contributed by atoms with E-state index in [1.807, 2.05) is 56.3 Å². The van der Waals surface area contributed by atoms with Gasteiger partial charge in [0.05, 0.1) is 13.2 Å². The van der Waals surface area contributed by atoms with Gasteiger partial charge in [0.2, 0.25) is 0 Å². The second kappa shape index (κ2) is 15.6. The third kappa shape index (κ3) is 8.55. The van der Waals surface area contributed by atoms with Crippen LogP contribution >= 0.6 is 15.9 Å². The third-order valence-corrected chi connectivity index (χ3v) is 6.40. The summed E-state index contributed by atoms with van der Waals surface area (Å²) in [4.78, 5) is 24.0. The van der Waals surface area contributed by atoms with E-state index in [0.29, 0.717) is 24.7 Å². The molecule has 0 fully saturated rings. The maximum atomic E-state index is 12.0. The number of halogens is 1. The molecule has 3 aromatic rings. The van der Waals surface area contributed by atoms with E-state index < -0.39 is 12.2 Å². The Bertz CT molecular complexity index is 1240. The SMILES string of the molecule is CCOCC(COc1c2ccccc2c(OCC(COCC)OC(=O)CC)c2cc(Br)ccc12)OC(=O)CC. The molecule has 9 heteroatoms. The van der Waals surface area contributed by atoms with Gasteiger partial charge in [-0.1, -0.05) is 54.0 Å². The highest BCUT2D eigenvalue weighted by molar-refractivity contribution is 9.10. The van der Waals surface area contributed by atoms with Crippen LogP contribution in [0.3, 0.4) is 0 Å². The zero-order valence-corrected chi connectivity index (χ0v) is 24.6. The molecular weight excluding hydrogens is 568 g/mol. The number of fused-ring (bicyclic) bond motifs is 2. The molecule has 0 N–H and O–H groups in total.